The predicted molar refractivity (Wildman–Crippen MR) is 74.8 cm³/mol. The first-order valence-corrected chi connectivity index (χ1v) is 6.78. The first kappa shape index (κ1) is 13.7. The lowest BCUT2D eigenvalue weighted by atomic mass is 10.1. The normalized spacial score (nSPS) is 15.2. The van der Waals surface area contributed by atoms with Gasteiger partial charge in [-0.15, -0.1) is 0 Å². The van der Waals surface area contributed by atoms with Crippen molar-refractivity contribution in [2.75, 3.05) is 18.5 Å². The van der Waals surface area contributed by atoms with Gasteiger partial charge in [-0.2, -0.15) is 0 Å². The first-order chi connectivity index (χ1) is 9.08. The number of carbonyl (C=O) groups is 1. The molecular weight excluding hydrogens is 242 g/mol. The molecule has 1 aliphatic rings. The van der Waals surface area contributed by atoms with E-state index in [-0.39, 0.29) is 12.1 Å². The van der Waals surface area contributed by atoms with Crippen LogP contribution in [0.4, 0.5) is 5.69 Å². The van der Waals surface area contributed by atoms with E-state index in [4.69, 9.17) is 9.47 Å². The molecule has 1 aromatic rings. The maximum absolute atomic E-state index is 12.2. The molecule has 4 nitrogen and oxygen atoms in total. The van der Waals surface area contributed by atoms with Crippen molar-refractivity contribution in [3.63, 3.8) is 0 Å². The zero-order chi connectivity index (χ0) is 13.8. The Balaban J connectivity index is 2.11. The van der Waals surface area contributed by atoms with E-state index >= 15 is 0 Å². The molecule has 1 unspecified atom stereocenters. The van der Waals surface area contributed by atoms with Crippen LogP contribution < -0.4 is 10.1 Å². The average molecular weight is 263 g/mol. The third-order valence-electron chi connectivity index (χ3n) is 3.01. The number of rotatable bonds is 4. The van der Waals surface area contributed by atoms with Crippen LogP contribution in [-0.4, -0.2) is 25.2 Å². The quantitative estimate of drug-likeness (QED) is 0.848. The zero-order valence-corrected chi connectivity index (χ0v) is 11.7. The van der Waals surface area contributed by atoms with Crippen molar-refractivity contribution in [2.24, 2.45) is 5.92 Å². The van der Waals surface area contributed by atoms with Crippen LogP contribution in [0.15, 0.2) is 18.2 Å². The van der Waals surface area contributed by atoms with Crippen LogP contribution in [0.2, 0.25) is 0 Å². The van der Waals surface area contributed by atoms with Crippen molar-refractivity contribution < 1.29 is 14.3 Å². The minimum Gasteiger partial charge on any atom is -0.489 e. The summed E-state index contributed by atoms with van der Waals surface area (Å²) in [6.07, 6.45) is 0.778. The third-order valence-corrected chi connectivity index (χ3v) is 3.01. The van der Waals surface area contributed by atoms with Crippen LogP contribution in [0.5, 0.6) is 5.75 Å². The molecule has 1 N–H and O–H groups in total. The van der Waals surface area contributed by atoms with Crippen LogP contribution in [0.3, 0.4) is 0 Å². The van der Waals surface area contributed by atoms with Crippen molar-refractivity contribution in [1.82, 2.24) is 0 Å². The van der Waals surface area contributed by atoms with Gasteiger partial charge in [-0.1, -0.05) is 19.9 Å². The largest absolute Gasteiger partial charge is 0.489 e. The van der Waals surface area contributed by atoms with E-state index in [0.717, 1.165) is 18.7 Å². The van der Waals surface area contributed by atoms with Gasteiger partial charge in [0.05, 0.1) is 11.8 Å². The van der Waals surface area contributed by atoms with Gasteiger partial charge >= 0.3 is 5.97 Å². The van der Waals surface area contributed by atoms with Crippen LogP contribution >= 0.6 is 0 Å². The number of para-hydroxylation sites is 1. The Morgan fingerprint density at radius 3 is 2.95 bits per heavy atom. The fourth-order valence-electron chi connectivity index (χ4n) is 2.29. The lowest BCUT2D eigenvalue weighted by Gasteiger charge is -2.22. The molecule has 2 rings (SSSR count). The lowest BCUT2D eigenvalue weighted by Crippen LogP contribution is -2.22. The van der Waals surface area contributed by atoms with Gasteiger partial charge in [0, 0.05) is 6.54 Å². The Bertz CT molecular complexity index is 457. The molecule has 1 aliphatic heterocycles. The number of ether oxygens (including phenoxy) is 2. The molecule has 19 heavy (non-hydrogen) atoms. The van der Waals surface area contributed by atoms with Crippen molar-refractivity contribution in [2.45, 2.75) is 33.3 Å². The van der Waals surface area contributed by atoms with Gasteiger partial charge in [-0.25, -0.2) is 4.79 Å². The number of anilines is 1. The molecule has 1 aromatic carbocycles. The number of carbonyl (C=O) groups excluding carboxylic acids is 1. The van der Waals surface area contributed by atoms with Crippen molar-refractivity contribution in [3.8, 4) is 5.75 Å². The SMILES string of the molecule is CC(C)CC(C)OC(=O)c1cccc2c1OCCN2. The number of hydrogen-bond donors (Lipinski definition) is 1. The highest BCUT2D eigenvalue weighted by atomic mass is 16.5. The van der Waals surface area contributed by atoms with Gasteiger partial charge in [0.25, 0.3) is 0 Å². The zero-order valence-electron chi connectivity index (χ0n) is 11.7. The molecule has 0 amide bonds. The summed E-state index contributed by atoms with van der Waals surface area (Å²) in [4.78, 5) is 12.2. The van der Waals surface area contributed by atoms with E-state index in [1.165, 1.54) is 0 Å². The van der Waals surface area contributed by atoms with Crippen LogP contribution in [-0.2, 0) is 4.74 Å². The van der Waals surface area contributed by atoms with E-state index < -0.39 is 0 Å². The van der Waals surface area contributed by atoms with Crippen molar-refractivity contribution >= 4 is 11.7 Å². The van der Waals surface area contributed by atoms with Gasteiger partial charge < -0.3 is 14.8 Å². The summed E-state index contributed by atoms with van der Waals surface area (Å²) < 4.78 is 11.0. The van der Waals surface area contributed by atoms with E-state index in [0.29, 0.717) is 23.8 Å². The minimum absolute atomic E-state index is 0.0834. The van der Waals surface area contributed by atoms with Gasteiger partial charge in [0.2, 0.25) is 0 Å². The summed E-state index contributed by atoms with van der Waals surface area (Å²) in [5.74, 6) is 0.801. The molecule has 0 radical (unpaired) electrons. The Kier molecular flexibility index (Phi) is 4.30. The monoisotopic (exact) mass is 263 g/mol. The number of benzene rings is 1. The van der Waals surface area contributed by atoms with E-state index in [1.807, 2.05) is 19.1 Å². The first-order valence-electron chi connectivity index (χ1n) is 6.78. The molecule has 0 fully saturated rings. The summed E-state index contributed by atoms with van der Waals surface area (Å²) >= 11 is 0. The molecular formula is C15H21NO3. The highest BCUT2D eigenvalue weighted by molar-refractivity contribution is 5.95. The number of esters is 1. The Hall–Kier alpha value is -1.71. The Morgan fingerprint density at radius 2 is 2.21 bits per heavy atom. The summed E-state index contributed by atoms with van der Waals surface area (Å²) in [6, 6.07) is 5.49. The molecule has 0 spiro atoms. The maximum atomic E-state index is 12.2. The molecule has 104 valence electrons. The molecule has 4 heteroatoms. The van der Waals surface area contributed by atoms with Crippen LogP contribution in [0.25, 0.3) is 0 Å². The molecule has 1 heterocycles. The molecule has 1 atom stereocenters. The molecule has 0 aromatic heterocycles. The summed E-state index contributed by atoms with van der Waals surface area (Å²) in [6.45, 7) is 7.48. The number of fused-ring (bicyclic) bond motifs is 1. The smallest absolute Gasteiger partial charge is 0.342 e. The standard InChI is InChI=1S/C15H21NO3/c1-10(2)9-11(3)19-15(17)12-5-4-6-13-14(12)18-8-7-16-13/h4-6,10-11,16H,7-9H2,1-3H3. The second-order valence-corrected chi connectivity index (χ2v) is 5.30. The highest BCUT2D eigenvalue weighted by Crippen LogP contribution is 2.31. The molecule has 0 saturated heterocycles. The third kappa shape index (κ3) is 3.40. The fraction of sp³-hybridized carbons (Fsp3) is 0.533. The summed E-state index contributed by atoms with van der Waals surface area (Å²) in [5, 5.41) is 3.21. The van der Waals surface area contributed by atoms with E-state index in [9.17, 15) is 4.79 Å². The van der Waals surface area contributed by atoms with Crippen molar-refractivity contribution in [3.05, 3.63) is 23.8 Å². The van der Waals surface area contributed by atoms with Gasteiger partial charge in [-0.3, -0.25) is 0 Å². The second kappa shape index (κ2) is 5.95. The van der Waals surface area contributed by atoms with Crippen molar-refractivity contribution in [1.29, 1.82) is 0 Å². The molecule has 0 saturated carbocycles. The van der Waals surface area contributed by atoms with Gasteiger partial charge in [-0.05, 0) is 31.4 Å². The Morgan fingerprint density at radius 1 is 1.42 bits per heavy atom. The summed E-state index contributed by atoms with van der Waals surface area (Å²) in [7, 11) is 0. The average Bonchev–Trinajstić information content (AvgIpc) is 2.36. The topological polar surface area (TPSA) is 47.6 Å². The Labute approximate surface area is 114 Å². The predicted octanol–water partition coefficient (Wildman–Crippen LogP) is 3.08. The maximum Gasteiger partial charge on any atom is 0.342 e. The number of hydrogen-bond acceptors (Lipinski definition) is 4. The number of nitrogens with one attached hydrogen (secondary N) is 1. The van der Waals surface area contributed by atoms with Gasteiger partial charge in [0.15, 0.2) is 5.75 Å². The lowest BCUT2D eigenvalue weighted by molar-refractivity contribution is 0.0295. The second-order valence-electron chi connectivity index (χ2n) is 5.30. The highest BCUT2D eigenvalue weighted by Gasteiger charge is 2.21. The van der Waals surface area contributed by atoms with Crippen LogP contribution in [0.1, 0.15) is 37.6 Å². The van der Waals surface area contributed by atoms with Crippen LogP contribution in [0, 0.1) is 5.92 Å². The van der Waals surface area contributed by atoms with Gasteiger partial charge in [0.1, 0.15) is 12.2 Å². The summed E-state index contributed by atoms with van der Waals surface area (Å²) in [5.41, 5.74) is 1.36. The fourth-order valence-corrected chi connectivity index (χ4v) is 2.29. The molecule has 0 aliphatic carbocycles. The van der Waals surface area contributed by atoms with E-state index in [1.54, 1.807) is 6.07 Å². The van der Waals surface area contributed by atoms with E-state index in [2.05, 4.69) is 19.2 Å². The minimum atomic E-state index is -0.311. The molecule has 0 bridgehead atoms.